The van der Waals surface area contributed by atoms with Crippen LogP contribution in [0.15, 0.2) is 18.6 Å². The molecule has 0 aromatic carbocycles. The van der Waals surface area contributed by atoms with Gasteiger partial charge in [0.05, 0.1) is 17.9 Å². The van der Waals surface area contributed by atoms with E-state index in [1.807, 2.05) is 18.6 Å². The van der Waals surface area contributed by atoms with Crippen LogP contribution in [-0.2, 0) is 19.9 Å². The molecular weight excluding hydrogens is 312 g/mol. The van der Waals surface area contributed by atoms with Crippen molar-refractivity contribution in [2.45, 2.75) is 58.4 Å². The first kappa shape index (κ1) is 16.1. The molecule has 0 saturated heterocycles. The molecule has 0 radical (unpaired) electrons. The van der Waals surface area contributed by atoms with Crippen LogP contribution in [0.25, 0.3) is 0 Å². The van der Waals surface area contributed by atoms with Crippen LogP contribution in [0.1, 0.15) is 58.8 Å². The maximum atomic E-state index is 4.82. The van der Waals surface area contributed by atoms with E-state index in [1.54, 1.807) is 0 Å². The van der Waals surface area contributed by atoms with Gasteiger partial charge < -0.3 is 4.57 Å². The quantitative estimate of drug-likeness (QED) is 0.751. The van der Waals surface area contributed by atoms with Gasteiger partial charge in [-0.2, -0.15) is 10.2 Å². The van der Waals surface area contributed by atoms with Gasteiger partial charge in [-0.05, 0) is 57.1 Å². The van der Waals surface area contributed by atoms with Gasteiger partial charge in [-0.25, -0.2) is 4.98 Å². The fourth-order valence-electron chi connectivity index (χ4n) is 3.79. The Bertz CT molecular complexity index is 880. The number of hydrogen-bond donors (Lipinski definition) is 1. The Hall–Kier alpha value is -2.37. The van der Waals surface area contributed by atoms with E-state index < -0.39 is 0 Å². The molecule has 1 unspecified atom stereocenters. The zero-order valence-corrected chi connectivity index (χ0v) is 15.5. The number of H-pyrrole nitrogens is 1. The summed E-state index contributed by atoms with van der Waals surface area (Å²) in [6.45, 7) is 6.45. The minimum Gasteiger partial charge on any atom is -0.338 e. The van der Waals surface area contributed by atoms with E-state index in [-0.39, 0.29) is 0 Å². The zero-order valence-electron chi connectivity index (χ0n) is 15.5. The van der Waals surface area contributed by atoms with Crippen LogP contribution in [0.5, 0.6) is 0 Å². The number of hydrogen-bond acceptors (Lipinski definition) is 3. The average molecular weight is 338 g/mol. The summed E-state index contributed by atoms with van der Waals surface area (Å²) in [5.74, 6) is 1.45. The summed E-state index contributed by atoms with van der Waals surface area (Å²) in [6.07, 6.45) is 10.2. The first-order valence-electron chi connectivity index (χ1n) is 9.05. The third kappa shape index (κ3) is 3.01. The fraction of sp³-hybridized carbons (Fsp3) is 0.526. The number of aromatic amines is 1. The second-order valence-electron chi connectivity index (χ2n) is 7.34. The summed E-state index contributed by atoms with van der Waals surface area (Å²) < 4.78 is 4.35. The molecule has 1 atom stereocenters. The third-order valence-corrected chi connectivity index (χ3v) is 5.48. The molecule has 3 aromatic rings. The van der Waals surface area contributed by atoms with E-state index in [9.17, 15) is 0 Å². The maximum absolute atomic E-state index is 4.82. The largest absolute Gasteiger partial charge is 0.338 e. The fourth-order valence-corrected chi connectivity index (χ4v) is 3.79. The van der Waals surface area contributed by atoms with Crippen molar-refractivity contribution in [3.8, 4) is 0 Å². The van der Waals surface area contributed by atoms with E-state index in [0.717, 1.165) is 30.1 Å². The highest BCUT2D eigenvalue weighted by molar-refractivity contribution is 5.31. The molecule has 3 heterocycles. The van der Waals surface area contributed by atoms with Gasteiger partial charge in [-0.3, -0.25) is 9.78 Å². The molecule has 132 valence electrons. The average Bonchev–Trinajstić information content (AvgIpc) is 3.12. The molecule has 6 nitrogen and oxygen atoms in total. The van der Waals surface area contributed by atoms with Crippen molar-refractivity contribution in [1.29, 1.82) is 0 Å². The van der Waals surface area contributed by atoms with Crippen LogP contribution in [0.4, 0.5) is 0 Å². The molecule has 0 amide bonds. The Morgan fingerprint density at radius 1 is 1.24 bits per heavy atom. The Morgan fingerprint density at radius 3 is 2.64 bits per heavy atom. The van der Waals surface area contributed by atoms with Crippen molar-refractivity contribution in [3.63, 3.8) is 0 Å². The summed E-state index contributed by atoms with van der Waals surface area (Å²) in [5, 5.41) is 12.2. The van der Waals surface area contributed by atoms with Crippen LogP contribution in [0.3, 0.4) is 0 Å². The van der Waals surface area contributed by atoms with Crippen molar-refractivity contribution in [1.82, 2.24) is 29.5 Å². The standard InChI is InChI=1S/C19H26N6/c1-12-18(11-21-22-12)15(10-19-20-7-8-24(19)4)9-17-13(2)23-25(14(17)3)16-5-6-16/h7-8,11,15-16H,5-6,9-10H2,1-4H3,(H,21,22). The Morgan fingerprint density at radius 2 is 2.04 bits per heavy atom. The predicted octanol–water partition coefficient (Wildman–Crippen LogP) is 3.17. The van der Waals surface area contributed by atoms with Crippen molar-refractivity contribution >= 4 is 0 Å². The highest BCUT2D eigenvalue weighted by Crippen LogP contribution is 2.37. The molecule has 3 aromatic heterocycles. The molecule has 1 N–H and O–H groups in total. The predicted molar refractivity (Wildman–Crippen MR) is 96.7 cm³/mol. The molecule has 1 aliphatic carbocycles. The van der Waals surface area contributed by atoms with Crippen LogP contribution in [-0.4, -0.2) is 29.5 Å². The lowest BCUT2D eigenvalue weighted by molar-refractivity contribution is 0.609. The normalized spacial score (nSPS) is 15.7. The molecule has 0 spiro atoms. The highest BCUT2D eigenvalue weighted by atomic mass is 15.3. The minimum atomic E-state index is 0.342. The monoisotopic (exact) mass is 338 g/mol. The molecule has 1 saturated carbocycles. The molecule has 0 aliphatic heterocycles. The van der Waals surface area contributed by atoms with Crippen LogP contribution in [0.2, 0.25) is 0 Å². The number of nitrogens with one attached hydrogen (secondary N) is 1. The topological polar surface area (TPSA) is 64.3 Å². The SMILES string of the molecule is Cc1nn(C2CC2)c(C)c1CC(Cc1nccn1C)c1cn[nH]c1C. The second-order valence-corrected chi connectivity index (χ2v) is 7.34. The molecule has 1 fully saturated rings. The minimum absolute atomic E-state index is 0.342. The van der Waals surface area contributed by atoms with Crippen molar-refractivity contribution < 1.29 is 0 Å². The first-order valence-corrected chi connectivity index (χ1v) is 9.05. The molecule has 25 heavy (non-hydrogen) atoms. The summed E-state index contributed by atoms with van der Waals surface area (Å²) in [4.78, 5) is 4.54. The van der Waals surface area contributed by atoms with E-state index >= 15 is 0 Å². The molecular formula is C19H26N6. The van der Waals surface area contributed by atoms with Gasteiger partial charge in [0.15, 0.2) is 0 Å². The Labute approximate surface area is 148 Å². The first-order chi connectivity index (χ1) is 12.0. The second kappa shape index (κ2) is 6.17. The van der Waals surface area contributed by atoms with Crippen LogP contribution in [0, 0.1) is 20.8 Å². The summed E-state index contributed by atoms with van der Waals surface area (Å²) in [5.41, 5.74) is 6.29. The van der Waals surface area contributed by atoms with Gasteiger partial charge in [0.2, 0.25) is 0 Å². The van der Waals surface area contributed by atoms with Gasteiger partial charge in [-0.15, -0.1) is 0 Å². The lowest BCUT2D eigenvalue weighted by Gasteiger charge is -2.17. The van der Waals surface area contributed by atoms with Gasteiger partial charge in [0, 0.05) is 37.3 Å². The zero-order chi connectivity index (χ0) is 17.6. The van der Waals surface area contributed by atoms with E-state index in [2.05, 4.69) is 52.2 Å². The van der Waals surface area contributed by atoms with Crippen LogP contribution < -0.4 is 0 Å². The number of nitrogens with zero attached hydrogens (tertiary/aromatic N) is 5. The third-order valence-electron chi connectivity index (χ3n) is 5.48. The number of aromatic nitrogens is 6. The summed E-state index contributed by atoms with van der Waals surface area (Å²) in [7, 11) is 2.06. The molecule has 6 heteroatoms. The van der Waals surface area contributed by atoms with E-state index in [1.165, 1.54) is 29.7 Å². The number of imidazole rings is 1. The highest BCUT2D eigenvalue weighted by Gasteiger charge is 2.29. The van der Waals surface area contributed by atoms with Crippen molar-refractivity contribution in [2.75, 3.05) is 0 Å². The van der Waals surface area contributed by atoms with E-state index in [0.29, 0.717) is 12.0 Å². The number of aryl methyl sites for hydroxylation is 3. The smallest absolute Gasteiger partial charge is 0.108 e. The number of rotatable bonds is 6. The van der Waals surface area contributed by atoms with Gasteiger partial charge >= 0.3 is 0 Å². The maximum Gasteiger partial charge on any atom is 0.108 e. The molecule has 1 aliphatic rings. The van der Waals surface area contributed by atoms with Crippen LogP contribution >= 0.6 is 0 Å². The summed E-state index contributed by atoms with van der Waals surface area (Å²) in [6, 6.07) is 0.621. The lowest BCUT2D eigenvalue weighted by Crippen LogP contribution is -2.12. The van der Waals surface area contributed by atoms with Gasteiger partial charge in [0.25, 0.3) is 0 Å². The summed E-state index contributed by atoms with van der Waals surface area (Å²) >= 11 is 0. The Balaban J connectivity index is 1.67. The lowest BCUT2D eigenvalue weighted by atomic mass is 9.88. The molecule has 0 bridgehead atoms. The molecule has 4 rings (SSSR count). The van der Waals surface area contributed by atoms with E-state index in [4.69, 9.17) is 5.10 Å². The van der Waals surface area contributed by atoms with Crippen molar-refractivity contribution in [2.24, 2.45) is 7.05 Å². The van der Waals surface area contributed by atoms with Gasteiger partial charge in [0.1, 0.15) is 5.82 Å². The van der Waals surface area contributed by atoms with Crippen molar-refractivity contribution in [3.05, 3.63) is 52.6 Å². The Kier molecular flexibility index (Phi) is 3.98. The van der Waals surface area contributed by atoms with Gasteiger partial charge in [-0.1, -0.05) is 0 Å².